The van der Waals surface area contributed by atoms with Crippen molar-refractivity contribution in [3.8, 4) is 5.75 Å². The Morgan fingerprint density at radius 2 is 1.94 bits per heavy atom. The molecule has 0 aliphatic heterocycles. The van der Waals surface area contributed by atoms with Gasteiger partial charge in [0, 0.05) is 0 Å². The normalized spacial score (nSPS) is 14.3. The van der Waals surface area contributed by atoms with Crippen molar-refractivity contribution in [1.82, 2.24) is 0 Å². The molecule has 96 valence electrons. The third-order valence-electron chi connectivity index (χ3n) is 2.44. The molecule has 3 nitrogen and oxygen atoms in total. The van der Waals surface area contributed by atoms with Crippen LogP contribution in [0.5, 0.6) is 5.75 Å². The van der Waals surface area contributed by atoms with Crippen molar-refractivity contribution in [1.29, 1.82) is 0 Å². The van der Waals surface area contributed by atoms with Gasteiger partial charge in [-0.3, -0.25) is 0 Å². The highest BCUT2D eigenvalue weighted by molar-refractivity contribution is 7.54. The van der Waals surface area contributed by atoms with Crippen LogP contribution >= 0.6 is 7.60 Å². The second-order valence-electron chi connectivity index (χ2n) is 3.96. The third kappa shape index (κ3) is 4.53. The summed E-state index contributed by atoms with van der Waals surface area (Å²) in [4.78, 5) is 0. The van der Waals surface area contributed by atoms with Gasteiger partial charge in [-0.1, -0.05) is 31.5 Å². The Labute approximate surface area is 104 Å². The molecular weight excluding hydrogens is 235 g/mol. The molecule has 0 amide bonds. The van der Waals surface area contributed by atoms with Crippen LogP contribution in [0.15, 0.2) is 24.3 Å². The summed E-state index contributed by atoms with van der Waals surface area (Å²) in [5.74, 6) is 0.653. The minimum atomic E-state index is -2.98. The molecule has 0 N–H and O–H groups in total. The summed E-state index contributed by atoms with van der Waals surface area (Å²) < 4.78 is 23.4. The van der Waals surface area contributed by atoms with Crippen LogP contribution in [0.25, 0.3) is 0 Å². The Bertz CT molecular complexity index is 390. The van der Waals surface area contributed by atoms with Gasteiger partial charge in [0.1, 0.15) is 5.75 Å². The summed E-state index contributed by atoms with van der Waals surface area (Å²) in [6, 6.07) is 7.57. The molecule has 0 heterocycles. The molecule has 1 unspecified atom stereocenters. The van der Waals surface area contributed by atoms with Crippen molar-refractivity contribution in [2.24, 2.45) is 0 Å². The van der Waals surface area contributed by atoms with E-state index in [0.29, 0.717) is 18.5 Å². The van der Waals surface area contributed by atoms with Crippen molar-refractivity contribution in [2.75, 3.05) is 12.8 Å². The predicted octanol–water partition coefficient (Wildman–Crippen LogP) is 4.40. The predicted molar refractivity (Wildman–Crippen MR) is 70.8 cm³/mol. The van der Waals surface area contributed by atoms with Gasteiger partial charge in [0.25, 0.3) is 0 Å². The van der Waals surface area contributed by atoms with Gasteiger partial charge in [0.2, 0.25) is 0 Å². The van der Waals surface area contributed by atoms with Crippen molar-refractivity contribution < 1.29 is 13.6 Å². The molecular formula is C13H21O3P. The van der Waals surface area contributed by atoms with Gasteiger partial charge in [-0.2, -0.15) is 0 Å². The lowest BCUT2D eigenvalue weighted by molar-refractivity contribution is 0.278. The van der Waals surface area contributed by atoms with Crippen LogP contribution in [0.3, 0.4) is 0 Å². The number of benzene rings is 1. The van der Waals surface area contributed by atoms with Crippen LogP contribution in [-0.4, -0.2) is 12.8 Å². The van der Waals surface area contributed by atoms with E-state index >= 15 is 0 Å². The second-order valence-corrected chi connectivity index (χ2v) is 6.07. The maximum Gasteiger partial charge on any atom is 0.379 e. The lowest BCUT2D eigenvalue weighted by Gasteiger charge is -2.19. The summed E-state index contributed by atoms with van der Waals surface area (Å²) in [7, 11) is -2.98. The number of aryl methyl sites for hydroxylation is 1. The fourth-order valence-electron chi connectivity index (χ4n) is 1.49. The van der Waals surface area contributed by atoms with Crippen molar-refractivity contribution in [2.45, 2.75) is 33.6 Å². The molecule has 0 radical (unpaired) electrons. The summed E-state index contributed by atoms with van der Waals surface area (Å²) in [5, 5.41) is 0. The zero-order valence-corrected chi connectivity index (χ0v) is 11.7. The largest absolute Gasteiger partial charge is 0.424 e. The van der Waals surface area contributed by atoms with E-state index in [2.05, 4.69) is 6.92 Å². The quantitative estimate of drug-likeness (QED) is 0.678. The molecule has 4 heteroatoms. The number of hydrogen-bond donors (Lipinski definition) is 0. The molecule has 0 aliphatic carbocycles. The third-order valence-corrected chi connectivity index (χ3v) is 4.43. The van der Waals surface area contributed by atoms with Crippen LogP contribution in [0.4, 0.5) is 0 Å². The highest BCUT2D eigenvalue weighted by atomic mass is 31.2. The fraction of sp³-hybridized carbons (Fsp3) is 0.538. The number of hydrogen-bond acceptors (Lipinski definition) is 3. The van der Waals surface area contributed by atoms with Gasteiger partial charge in [0.15, 0.2) is 0 Å². The Morgan fingerprint density at radius 1 is 1.24 bits per heavy atom. The van der Waals surface area contributed by atoms with E-state index < -0.39 is 7.60 Å². The molecule has 1 aromatic rings. The molecule has 0 saturated carbocycles. The molecule has 1 rings (SSSR count). The molecule has 1 aromatic carbocycles. The summed E-state index contributed by atoms with van der Waals surface area (Å²) in [6.45, 7) is 6.24. The average molecular weight is 256 g/mol. The van der Waals surface area contributed by atoms with E-state index in [0.717, 1.165) is 18.4 Å². The number of para-hydroxylation sites is 1. The maximum absolute atomic E-state index is 12.4. The summed E-state index contributed by atoms with van der Waals surface area (Å²) >= 11 is 0. The van der Waals surface area contributed by atoms with Crippen LogP contribution in [0.2, 0.25) is 0 Å². The van der Waals surface area contributed by atoms with Crippen LogP contribution in [0, 0.1) is 6.92 Å². The highest BCUT2D eigenvalue weighted by Crippen LogP contribution is 2.49. The SMILES string of the molecule is CCCCP(=O)(OCC)Oc1ccccc1C. The van der Waals surface area contributed by atoms with Gasteiger partial charge in [-0.15, -0.1) is 0 Å². The Balaban J connectivity index is 2.79. The Kier molecular flexibility index (Phi) is 5.73. The smallest absolute Gasteiger partial charge is 0.379 e. The number of rotatable bonds is 7. The van der Waals surface area contributed by atoms with Crippen molar-refractivity contribution >= 4 is 7.60 Å². The second kappa shape index (κ2) is 6.83. The minimum absolute atomic E-state index is 0.410. The minimum Gasteiger partial charge on any atom is -0.424 e. The van der Waals surface area contributed by atoms with Crippen molar-refractivity contribution in [3.63, 3.8) is 0 Å². The van der Waals surface area contributed by atoms with Gasteiger partial charge < -0.3 is 9.05 Å². The van der Waals surface area contributed by atoms with Crippen LogP contribution in [-0.2, 0) is 9.09 Å². The van der Waals surface area contributed by atoms with Gasteiger partial charge >= 0.3 is 7.60 Å². The van der Waals surface area contributed by atoms with E-state index in [9.17, 15) is 4.57 Å². The van der Waals surface area contributed by atoms with Gasteiger partial charge in [0.05, 0.1) is 12.8 Å². The Morgan fingerprint density at radius 3 is 2.53 bits per heavy atom. The lowest BCUT2D eigenvalue weighted by Crippen LogP contribution is -2.03. The van der Waals surface area contributed by atoms with E-state index in [1.54, 1.807) is 0 Å². The zero-order chi connectivity index (χ0) is 12.7. The van der Waals surface area contributed by atoms with Crippen LogP contribution < -0.4 is 4.52 Å². The molecule has 0 spiro atoms. The van der Waals surface area contributed by atoms with Crippen molar-refractivity contribution in [3.05, 3.63) is 29.8 Å². The molecule has 0 saturated heterocycles. The fourth-order valence-corrected chi connectivity index (χ4v) is 3.37. The molecule has 0 aliphatic rings. The molecule has 0 bridgehead atoms. The van der Waals surface area contributed by atoms with E-state index in [4.69, 9.17) is 9.05 Å². The van der Waals surface area contributed by atoms with E-state index in [1.807, 2.05) is 38.1 Å². The maximum atomic E-state index is 12.4. The van der Waals surface area contributed by atoms with E-state index in [-0.39, 0.29) is 0 Å². The van der Waals surface area contributed by atoms with Gasteiger partial charge in [-0.05, 0) is 31.9 Å². The van der Waals surface area contributed by atoms with E-state index in [1.165, 1.54) is 0 Å². The average Bonchev–Trinajstić information content (AvgIpc) is 2.30. The summed E-state index contributed by atoms with van der Waals surface area (Å²) in [5.41, 5.74) is 0.976. The molecule has 1 atom stereocenters. The molecule has 17 heavy (non-hydrogen) atoms. The number of unbranched alkanes of at least 4 members (excludes halogenated alkanes) is 1. The highest BCUT2D eigenvalue weighted by Gasteiger charge is 2.25. The molecule has 0 aromatic heterocycles. The topological polar surface area (TPSA) is 35.5 Å². The first kappa shape index (κ1) is 14.3. The molecule has 0 fully saturated rings. The Hall–Kier alpha value is -0.790. The van der Waals surface area contributed by atoms with Gasteiger partial charge in [-0.25, -0.2) is 4.57 Å². The monoisotopic (exact) mass is 256 g/mol. The zero-order valence-electron chi connectivity index (χ0n) is 10.8. The van der Waals surface area contributed by atoms with Crippen LogP contribution in [0.1, 0.15) is 32.3 Å². The first-order valence-corrected chi connectivity index (χ1v) is 7.83. The lowest BCUT2D eigenvalue weighted by atomic mass is 10.2. The first-order chi connectivity index (χ1) is 8.11. The summed E-state index contributed by atoms with van der Waals surface area (Å²) in [6.07, 6.45) is 2.31. The standard InChI is InChI=1S/C13H21O3P/c1-4-6-11-17(14,15-5-2)16-13-10-8-7-9-12(13)3/h7-10H,4-6,11H2,1-3H3. The first-order valence-electron chi connectivity index (χ1n) is 6.10.